The van der Waals surface area contributed by atoms with Crippen LogP contribution in [0.3, 0.4) is 0 Å². The zero-order valence-electron chi connectivity index (χ0n) is 11.8. The lowest BCUT2D eigenvalue weighted by atomic mass is 10.0. The van der Waals surface area contributed by atoms with Crippen LogP contribution in [-0.4, -0.2) is 53.8 Å². The van der Waals surface area contributed by atoms with E-state index in [9.17, 15) is 15.3 Å². The van der Waals surface area contributed by atoms with Gasteiger partial charge >= 0.3 is 0 Å². The van der Waals surface area contributed by atoms with E-state index < -0.39 is 11.5 Å². The Kier molecular flexibility index (Phi) is 2.72. The molecule has 1 fully saturated rings. The van der Waals surface area contributed by atoms with E-state index in [1.807, 2.05) is 6.26 Å². The maximum atomic E-state index is 10.3. The smallest absolute Gasteiger partial charge is 0.191 e. The highest BCUT2D eigenvalue weighted by Gasteiger charge is 2.67. The summed E-state index contributed by atoms with van der Waals surface area (Å²) >= 11 is 1.36. The monoisotopic (exact) mass is 321 g/mol. The number of imidazole rings is 1. The standard InChI is InChI=1S/C13H15N5O3S/c1-22-12-16-10(14)6-11(17-12)18(4-15-6)7-5-2-13(5,3-19)9(21)8(7)20/h4-5,9,19-21H,2-3H2,1H3,(H2,14,16,17). The van der Waals surface area contributed by atoms with E-state index >= 15 is 0 Å². The van der Waals surface area contributed by atoms with Gasteiger partial charge < -0.3 is 21.1 Å². The van der Waals surface area contributed by atoms with Gasteiger partial charge in [-0.25, -0.2) is 15.0 Å². The van der Waals surface area contributed by atoms with Crippen LogP contribution in [0, 0.1) is 11.3 Å². The van der Waals surface area contributed by atoms with Crippen molar-refractivity contribution in [1.29, 1.82) is 0 Å². The van der Waals surface area contributed by atoms with Crippen LogP contribution < -0.4 is 5.73 Å². The van der Waals surface area contributed by atoms with Crippen LogP contribution in [0.2, 0.25) is 0 Å². The van der Waals surface area contributed by atoms with Gasteiger partial charge in [0.1, 0.15) is 18.2 Å². The van der Waals surface area contributed by atoms with E-state index in [0.29, 0.717) is 28.4 Å². The van der Waals surface area contributed by atoms with Crippen molar-refractivity contribution in [1.82, 2.24) is 19.5 Å². The number of nitrogen functional groups attached to an aromatic ring is 1. The maximum absolute atomic E-state index is 10.3. The molecule has 0 spiro atoms. The van der Waals surface area contributed by atoms with Gasteiger partial charge in [0.05, 0.1) is 12.3 Å². The number of fused-ring (bicyclic) bond motifs is 2. The number of aliphatic hydroxyl groups excluding tert-OH is 3. The molecule has 2 aromatic heterocycles. The summed E-state index contributed by atoms with van der Waals surface area (Å²) in [6.07, 6.45) is 2.92. The third kappa shape index (κ3) is 1.53. The topological polar surface area (TPSA) is 130 Å². The molecule has 1 saturated carbocycles. The summed E-state index contributed by atoms with van der Waals surface area (Å²) in [5, 5.41) is 30.5. The second-order valence-electron chi connectivity index (χ2n) is 5.70. The molecule has 116 valence electrons. The summed E-state index contributed by atoms with van der Waals surface area (Å²) in [5.74, 6) is 0.0299. The van der Waals surface area contributed by atoms with E-state index in [-0.39, 0.29) is 24.1 Å². The van der Waals surface area contributed by atoms with Crippen LogP contribution in [0.4, 0.5) is 5.82 Å². The second-order valence-corrected chi connectivity index (χ2v) is 6.48. The molecule has 9 heteroatoms. The van der Waals surface area contributed by atoms with Crippen LogP contribution in [0.5, 0.6) is 0 Å². The second kappa shape index (κ2) is 4.34. The molecule has 0 amide bonds. The lowest BCUT2D eigenvalue weighted by Crippen LogP contribution is -2.25. The zero-order chi connectivity index (χ0) is 15.6. The number of thioether (sulfide) groups is 1. The third-order valence-electron chi connectivity index (χ3n) is 4.65. The normalized spacial score (nSPS) is 30.1. The first-order chi connectivity index (χ1) is 10.5. The zero-order valence-corrected chi connectivity index (χ0v) is 12.6. The molecule has 0 aliphatic heterocycles. The average molecular weight is 321 g/mol. The summed E-state index contributed by atoms with van der Waals surface area (Å²) in [6, 6.07) is 0. The molecule has 3 unspecified atom stereocenters. The number of nitrogens with zero attached hydrogens (tertiary/aromatic N) is 4. The Labute approximate surface area is 129 Å². The van der Waals surface area contributed by atoms with Gasteiger partial charge in [-0.15, -0.1) is 0 Å². The minimum atomic E-state index is -1.06. The molecular formula is C13H15N5O3S. The maximum Gasteiger partial charge on any atom is 0.191 e. The van der Waals surface area contributed by atoms with Crippen LogP contribution in [0.15, 0.2) is 17.2 Å². The van der Waals surface area contributed by atoms with Crippen molar-refractivity contribution in [3.63, 3.8) is 0 Å². The Morgan fingerprint density at radius 3 is 2.91 bits per heavy atom. The van der Waals surface area contributed by atoms with Crippen molar-refractivity contribution >= 4 is 34.4 Å². The molecule has 4 rings (SSSR count). The van der Waals surface area contributed by atoms with Gasteiger partial charge in [-0.3, -0.25) is 4.57 Å². The summed E-state index contributed by atoms with van der Waals surface area (Å²) in [5.41, 5.74) is 6.71. The molecule has 5 N–H and O–H groups in total. The minimum absolute atomic E-state index is 0.112. The Morgan fingerprint density at radius 2 is 2.27 bits per heavy atom. The average Bonchev–Trinajstić information content (AvgIpc) is 3.03. The highest BCUT2D eigenvalue weighted by molar-refractivity contribution is 7.98. The van der Waals surface area contributed by atoms with Crippen molar-refractivity contribution in [3.8, 4) is 0 Å². The lowest BCUT2D eigenvalue weighted by molar-refractivity contribution is 0.0524. The van der Waals surface area contributed by atoms with Gasteiger partial charge in [0.2, 0.25) is 0 Å². The molecule has 22 heavy (non-hydrogen) atoms. The van der Waals surface area contributed by atoms with Gasteiger partial charge in [0, 0.05) is 11.3 Å². The molecule has 0 radical (unpaired) electrons. The van der Waals surface area contributed by atoms with Gasteiger partial charge in [-0.05, 0) is 12.7 Å². The molecule has 2 aliphatic rings. The fourth-order valence-corrected chi connectivity index (χ4v) is 3.67. The van der Waals surface area contributed by atoms with E-state index in [1.54, 1.807) is 4.57 Å². The first kappa shape index (κ1) is 13.8. The molecule has 0 saturated heterocycles. The molecule has 2 aliphatic carbocycles. The van der Waals surface area contributed by atoms with Crippen LogP contribution in [0.25, 0.3) is 16.9 Å². The minimum Gasteiger partial charge on any atom is -0.508 e. The van der Waals surface area contributed by atoms with E-state index in [2.05, 4.69) is 15.0 Å². The number of hydrogen-bond acceptors (Lipinski definition) is 8. The third-order valence-corrected chi connectivity index (χ3v) is 5.20. The highest BCUT2D eigenvalue weighted by Crippen LogP contribution is 2.66. The SMILES string of the molecule is CSc1nc(N)c2ncn(C3=C(O)C(O)C4(CO)CC34)c2n1. The molecule has 8 nitrogen and oxygen atoms in total. The highest BCUT2D eigenvalue weighted by atomic mass is 32.2. The van der Waals surface area contributed by atoms with Crippen molar-refractivity contribution in [2.75, 3.05) is 18.6 Å². The van der Waals surface area contributed by atoms with Crippen molar-refractivity contribution < 1.29 is 15.3 Å². The number of anilines is 1. The van der Waals surface area contributed by atoms with Gasteiger partial charge in [0.25, 0.3) is 0 Å². The number of nitrogens with two attached hydrogens (primary N) is 1. The molecular weight excluding hydrogens is 306 g/mol. The Morgan fingerprint density at radius 1 is 1.50 bits per heavy atom. The Hall–Kier alpha value is -1.84. The summed E-state index contributed by atoms with van der Waals surface area (Å²) in [6.45, 7) is -0.174. The van der Waals surface area contributed by atoms with Crippen molar-refractivity contribution in [3.05, 3.63) is 12.1 Å². The predicted octanol–water partition coefficient (Wildman–Crippen LogP) is 0.230. The van der Waals surface area contributed by atoms with E-state index in [4.69, 9.17) is 5.73 Å². The number of aliphatic hydroxyl groups is 3. The van der Waals surface area contributed by atoms with Crippen molar-refractivity contribution in [2.45, 2.75) is 17.7 Å². The lowest BCUT2D eigenvalue weighted by Gasteiger charge is -2.14. The summed E-state index contributed by atoms with van der Waals surface area (Å²) in [4.78, 5) is 12.8. The number of aromatic nitrogens is 4. The summed E-state index contributed by atoms with van der Waals surface area (Å²) < 4.78 is 1.64. The predicted molar refractivity (Wildman–Crippen MR) is 81.0 cm³/mol. The summed E-state index contributed by atoms with van der Waals surface area (Å²) in [7, 11) is 0. The first-order valence-electron chi connectivity index (χ1n) is 6.80. The van der Waals surface area contributed by atoms with Gasteiger partial charge in [-0.1, -0.05) is 11.8 Å². The molecule has 2 heterocycles. The van der Waals surface area contributed by atoms with Crippen LogP contribution in [-0.2, 0) is 0 Å². The van der Waals surface area contributed by atoms with Crippen LogP contribution >= 0.6 is 11.8 Å². The van der Waals surface area contributed by atoms with Crippen molar-refractivity contribution in [2.24, 2.45) is 11.3 Å². The Balaban J connectivity index is 1.91. The number of allylic oxidation sites excluding steroid dienone is 1. The van der Waals surface area contributed by atoms with Crippen LogP contribution in [0.1, 0.15) is 6.42 Å². The largest absolute Gasteiger partial charge is 0.508 e. The molecule has 0 bridgehead atoms. The molecule has 0 aromatic carbocycles. The van der Waals surface area contributed by atoms with E-state index in [1.165, 1.54) is 18.1 Å². The number of hydrogen-bond donors (Lipinski definition) is 4. The van der Waals surface area contributed by atoms with E-state index in [0.717, 1.165) is 0 Å². The molecule has 2 aromatic rings. The van der Waals surface area contributed by atoms with Gasteiger partial charge in [-0.2, -0.15) is 0 Å². The molecule has 3 atom stereocenters. The Bertz CT molecular complexity index is 819. The first-order valence-corrected chi connectivity index (χ1v) is 8.03. The fourth-order valence-electron chi connectivity index (χ4n) is 3.30. The van der Waals surface area contributed by atoms with Gasteiger partial charge in [0.15, 0.2) is 22.1 Å². The number of rotatable bonds is 3. The quantitative estimate of drug-likeness (QED) is 0.467. The fraction of sp³-hybridized carbons (Fsp3) is 0.462.